The predicted molar refractivity (Wildman–Crippen MR) is 129 cm³/mol. The van der Waals surface area contributed by atoms with Crippen LogP contribution in [-0.2, 0) is 12.8 Å². The van der Waals surface area contributed by atoms with Crippen LogP contribution in [0.25, 0.3) is 11.0 Å². The molecule has 0 spiro atoms. The summed E-state index contributed by atoms with van der Waals surface area (Å²) in [7, 11) is 2.08. The highest BCUT2D eigenvalue weighted by Gasteiger charge is 2.20. The minimum absolute atomic E-state index is 0. The van der Waals surface area contributed by atoms with Gasteiger partial charge in [-0.05, 0) is 55.4 Å². The maximum Gasteiger partial charge on any atom is 0.253 e. The van der Waals surface area contributed by atoms with Crippen LogP contribution in [0.15, 0.2) is 52.9 Å². The Morgan fingerprint density at radius 3 is 2.26 bits per heavy atom. The fraction of sp³-hybridized carbons (Fsp3) is 0.304. The molecule has 1 saturated heterocycles. The van der Waals surface area contributed by atoms with Crippen molar-refractivity contribution in [1.82, 2.24) is 9.80 Å². The SMILES string of the molecule is CN1CCN(C(=O)c2ccc(CCc3cc4cc(C(=N)N)ccc4o3)cc2)CC1.Cl.Cl. The number of benzene rings is 2. The van der Waals surface area contributed by atoms with E-state index in [1.807, 2.05) is 47.4 Å². The van der Waals surface area contributed by atoms with Crippen LogP contribution < -0.4 is 5.73 Å². The van der Waals surface area contributed by atoms with E-state index in [1.165, 1.54) is 5.56 Å². The lowest BCUT2D eigenvalue weighted by atomic mass is 10.1. The number of nitrogens with zero attached hydrogens (tertiary/aromatic N) is 2. The Morgan fingerprint density at radius 1 is 0.968 bits per heavy atom. The molecular formula is C23H28Cl2N4O2. The summed E-state index contributed by atoms with van der Waals surface area (Å²) >= 11 is 0. The molecule has 8 heteroatoms. The van der Waals surface area contributed by atoms with Gasteiger partial charge in [-0.2, -0.15) is 0 Å². The number of nitrogens with two attached hydrogens (primary N) is 1. The zero-order valence-corrected chi connectivity index (χ0v) is 19.1. The molecule has 1 aromatic heterocycles. The third kappa shape index (κ3) is 5.79. The average molecular weight is 463 g/mol. The summed E-state index contributed by atoms with van der Waals surface area (Å²) in [6.07, 6.45) is 1.61. The van der Waals surface area contributed by atoms with Gasteiger partial charge in [0, 0.05) is 49.1 Å². The molecule has 0 unspecified atom stereocenters. The van der Waals surface area contributed by atoms with Crippen LogP contribution in [0.2, 0.25) is 0 Å². The van der Waals surface area contributed by atoms with Crippen molar-refractivity contribution in [2.45, 2.75) is 12.8 Å². The molecule has 2 aromatic carbocycles. The Morgan fingerprint density at radius 2 is 1.61 bits per heavy atom. The molecule has 166 valence electrons. The topological polar surface area (TPSA) is 86.6 Å². The van der Waals surface area contributed by atoms with Crippen LogP contribution in [0.5, 0.6) is 0 Å². The summed E-state index contributed by atoms with van der Waals surface area (Å²) < 4.78 is 5.90. The Labute approximate surface area is 194 Å². The number of likely N-dealkylation sites (N-methyl/N-ethyl adjacent to an activating group) is 1. The summed E-state index contributed by atoms with van der Waals surface area (Å²) in [6.45, 7) is 3.42. The molecule has 3 aromatic rings. The van der Waals surface area contributed by atoms with Gasteiger partial charge in [-0.25, -0.2) is 0 Å². The van der Waals surface area contributed by atoms with E-state index in [-0.39, 0.29) is 36.6 Å². The molecular weight excluding hydrogens is 435 g/mol. The number of carbonyl (C=O) groups excluding carboxylic acids is 1. The predicted octanol–water partition coefficient (Wildman–Crippen LogP) is 3.73. The van der Waals surface area contributed by atoms with Crippen molar-refractivity contribution in [2.75, 3.05) is 33.2 Å². The third-order valence-corrected chi connectivity index (χ3v) is 5.53. The molecule has 3 N–H and O–H groups in total. The van der Waals surface area contributed by atoms with Crippen molar-refractivity contribution in [1.29, 1.82) is 5.41 Å². The molecule has 1 fully saturated rings. The monoisotopic (exact) mass is 462 g/mol. The molecule has 0 radical (unpaired) electrons. The lowest BCUT2D eigenvalue weighted by Gasteiger charge is -2.32. The first-order chi connectivity index (χ1) is 14.0. The summed E-state index contributed by atoms with van der Waals surface area (Å²) in [4.78, 5) is 16.8. The van der Waals surface area contributed by atoms with Crippen molar-refractivity contribution in [3.8, 4) is 0 Å². The highest BCUT2D eigenvalue weighted by atomic mass is 35.5. The van der Waals surface area contributed by atoms with Crippen molar-refractivity contribution in [3.63, 3.8) is 0 Å². The number of hydrogen-bond donors (Lipinski definition) is 2. The van der Waals surface area contributed by atoms with E-state index in [2.05, 4.69) is 11.9 Å². The van der Waals surface area contributed by atoms with Gasteiger partial charge in [-0.1, -0.05) is 12.1 Å². The van der Waals surface area contributed by atoms with E-state index in [1.54, 1.807) is 6.07 Å². The van der Waals surface area contributed by atoms with Crippen LogP contribution in [0, 0.1) is 5.41 Å². The van der Waals surface area contributed by atoms with Gasteiger partial charge in [0.1, 0.15) is 17.2 Å². The lowest BCUT2D eigenvalue weighted by molar-refractivity contribution is 0.0664. The molecule has 1 aliphatic rings. The first kappa shape index (κ1) is 24.7. The zero-order valence-electron chi connectivity index (χ0n) is 17.5. The lowest BCUT2D eigenvalue weighted by Crippen LogP contribution is -2.47. The summed E-state index contributed by atoms with van der Waals surface area (Å²) in [5, 5.41) is 8.51. The standard InChI is InChI=1S/C23H26N4O2.2ClH/c1-26-10-12-27(13-11-26)23(28)17-5-2-16(3-6-17)4-8-20-15-19-14-18(22(24)25)7-9-21(19)29-20;;/h2-3,5-7,9,14-15H,4,8,10-13H2,1H3,(H3,24,25);2*1H. The fourth-order valence-electron chi connectivity index (χ4n) is 3.66. The van der Waals surface area contributed by atoms with Gasteiger partial charge in [0.2, 0.25) is 0 Å². The van der Waals surface area contributed by atoms with E-state index >= 15 is 0 Å². The van der Waals surface area contributed by atoms with Crippen molar-refractivity contribution < 1.29 is 9.21 Å². The first-order valence-electron chi connectivity index (χ1n) is 9.93. The smallest absolute Gasteiger partial charge is 0.253 e. The number of hydrogen-bond acceptors (Lipinski definition) is 4. The van der Waals surface area contributed by atoms with Gasteiger partial charge >= 0.3 is 0 Å². The van der Waals surface area contributed by atoms with Crippen LogP contribution in [0.1, 0.15) is 27.2 Å². The number of nitrogen functional groups attached to an aromatic ring is 1. The normalized spacial score (nSPS) is 14.0. The Bertz CT molecular complexity index is 1040. The molecule has 0 atom stereocenters. The number of amides is 1. The zero-order chi connectivity index (χ0) is 20.4. The van der Waals surface area contributed by atoms with E-state index in [9.17, 15) is 4.79 Å². The number of fused-ring (bicyclic) bond motifs is 1. The van der Waals surface area contributed by atoms with Gasteiger partial charge < -0.3 is 20.0 Å². The minimum Gasteiger partial charge on any atom is -0.461 e. The molecule has 31 heavy (non-hydrogen) atoms. The highest BCUT2D eigenvalue weighted by molar-refractivity contribution is 5.98. The highest BCUT2D eigenvalue weighted by Crippen LogP contribution is 2.22. The number of nitrogens with one attached hydrogen (secondary N) is 1. The number of carbonyl (C=O) groups is 1. The number of rotatable bonds is 5. The molecule has 1 amide bonds. The molecule has 4 rings (SSSR count). The number of amidine groups is 1. The third-order valence-electron chi connectivity index (χ3n) is 5.53. The summed E-state index contributed by atoms with van der Waals surface area (Å²) in [6, 6.07) is 15.4. The molecule has 0 aliphatic carbocycles. The van der Waals surface area contributed by atoms with E-state index in [0.717, 1.165) is 61.3 Å². The maximum atomic E-state index is 12.6. The quantitative estimate of drug-likeness (QED) is 0.446. The second kappa shape index (κ2) is 10.7. The fourth-order valence-corrected chi connectivity index (χ4v) is 3.66. The second-order valence-electron chi connectivity index (χ2n) is 7.67. The Kier molecular flexibility index (Phi) is 8.51. The first-order valence-corrected chi connectivity index (χ1v) is 9.93. The van der Waals surface area contributed by atoms with Crippen LogP contribution in [0.3, 0.4) is 0 Å². The molecule has 0 bridgehead atoms. The minimum atomic E-state index is 0. The van der Waals surface area contributed by atoms with Gasteiger partial charge in [-0.3, -0.25) is 10.2 Å². The summed E-state index contributed by atoms with van der Waals surface area (Å²) in [5.41, 5.74) is 8.98. The van der Waals surface area contributed by atoms with E-state index in [4.69, 9.17) is 15.6 Å². The Hall–Kier alpha value is -2.54. The molecule has 1 aliphatic heterocycles. The van der Waals surface area contributed by atoms with Crippen molar-refractivity contribution >= 4 is 47.5 Å². The average Bonchev–Trinajstić information content (AvgIpc) is 3.15. The van der Waals surface area contributed by atoms with Crippen LogP contribution in [0.4, 0.5) is 0 Å². The van der Waals surface area contributed by atoms with E-state index in [0.29, 0.717) is 5.56 Å². The van der Waals surface area contributed by atoms with E-state index < -0.39 is 0 Å². The Balaban J connectivity index is 0.00000171. The molecule has 0 saturated carbocycles. The number of halogens is 2. The maximum absolute atomic E-state index is 12.6. The van der Waals surface area contributed by atoms with Gasteiger partial charge in [0.05, 0.1) is 0 Å². The number of furan rings is 1. The molecule has 6 nitrogen and oxygen atoms in total. The largest absolute Gasteiger partial charge is 0.461 e. The summed E-state index contributed by atoms with van der Waals surface area (Å²) in [5.74, 6) is 1.07. The van der Waals surface area contributed by atoms with Crippen LogP contribution in [-0.4, -0.2) is 54.8 Å². The van der Waals surface area contributed by atoms with Crippen molar-refractivity contribution in [2.24, 2.45) is 5.73 Å². The van der Waals surface area contributed by atoms with Gasteiger partial charge in [0.25, 0.3) is 5.91 Å². The van der Waals surface area contributed by atoms with Gasteiger partial charge in [-0.15, -0.1) is 24.8 Å². The van der Waals surface area contributed by atoms with Crippen LogP contribution >= 0.6 is 24.8 Å². The number of piperazine rings is 1. The second-order valence-corrected chi connectivity index (χ2v) is 7.67. The van der Waals surface area contributed by atoms with Crippen molar-refractivity contribution in [3.05, 3.63) is 71.0 Å². The molecule has 2 heterocycles. The van der Waals surface area contributed by atoms with Gasteiger partial charge in [0.15, 0.2) is 0 Å². The number of aryl methyl sites for hydroxylation is 2.